The third-order valence-corrected chi connectivity index (χ3v) is 4.46. The molecule has 2 N–H and O–H groups in total. The lowest BCUT2D eigenvalue weighted by Gasteiger charge is -2.09. The molecular weight excluding hydrogens is 352 g/mol. The second kappa shape index (κ2) is 7.02. The molecule has 3 rings (SSSR count). The number of benzene rings is 1. The van der Waals surface area contributed by atoms with Crippen LogP contribution < -0.4 is 5.73 Å². The standard InChI is InChI=1S/C16H13ClN2O4S/c17-12-5-3-11(4-6-12)14-13(20)15(16(18)22-14)23-24(21)9-10-2-1-7-19-8-10/h1-8,14H,9,18H2. The van der Waals surface area contributed by atoms with E-state index in [9.17, 15) is 9.00 Å². The Bertz CT molecular complexity index is 809. The zero-order valence-electron chi connectivity index (χ0n) is 12.3. The van der Waals surface area contributed by atoms with Crippen molar-refractivity contribution in [2.75, 3.05) is 0 Å². The second-order valence-corrected chi connectivity index (χ2v) is 6.50. The molecule has 2 aromatic rings. The number of nitrogens with two attached hydrogens (primary N) is 1. The first-order valence-corrected chi connectivity index (χ1v) is 8.58. The molecule has 1 aliphatic heterocycles. The van der Waals surface area contributed by atoms with Crippen LogP contribution in [0.3, 0.4) is 0 Å². The van der Waals surface area contributed by atoms with Crippen molar-refractivity contribution in [3.8, 4) is 0 Å². The molecule has 124 valence electrons. The van der Waals surface area contributed by atoms with Gasteiger partial charge in [0.25, 0.3) is 0 Å². The van der Waals surface area contributed by atoms with Crippen LogP contribution in [0.1, 0.15) is 17.2 Å². The summed E-state index contributed by atoms with van der Waals surface area (Å²) in [6, 6.07) is 10.1. The molecule has 0 aliphatic carbocycles. The number of rotatable bonds is 5. The Morgan fingerprint density at radius 2 is 2.04 bits per heavy atom. The second-order valence-electron chi connectivity index (χ2n) is 5.00. The van der Waals surface area contributed by atoms with Crippen molar-refractivity contribution in [3.63, 3.8) is 0 Å². The van der Waals surface area contributed by atoms with Gasteiger partial charge in [-0.05, 0) is 23.8 Å². The van der Waals surface area contributed by atoms with Crippen LogP contribution in [0.15, 0.2) is 60.4 Å². The van der Waals surface area contributed by atoms with Crippen LogP contribution in [0.4, 0.5) is 0 Å². The first-order chi connectivity index (χ1) is 11.5. The maximum atomic E-state index is 12.4. The number of hydrogen-bond donors (Lipinski definition) is 1. The number of aromatic nitrogens is 1. The molecule has 2 heterocycles. The smallest absolute Gasteiger partial charge is 0.249 e. The van der Waals surface area contributed by atoms with Crippen molar-refractivity contribution in [1.82, 2.24) is 4.98 Å². The van der Waals surface area contributed by atoms with E-state index in [1.54, 1.807) is 48.8 Å². The average Bonchev–Trinajstić information content (AvgIpc) is 2.85. The van der Waals surface area contributed by atoms with E-state index >= 15 is 0 Å². The third kappa shape index (κ3) is 3.58. The van der Waals surface area contributed by atoms with E-state index in [4.69, 9.17) is 26.3 Å². The van der Waals surface area contributed by atoms with E-state index in [-0.39, 0.29) is 17.4 Å². The zero-order chi connectivity index (χ0) is 17.1. The molecule has 2 unspecified atom stereocenters. The number of ketones is 1. The quantitative estimate of drug-likeness (QED) is 0.875. The highest BCUT2D eigenvalue weighted by atomic mass is 35.5. The summed E-state index contributed by atoms with van der Waals surface area (Å²) in [7, 11) is 0. The first kappa shape index (κ1) is 16.5. The van der Waals surface area contributed by atoms with Gasteiger partial charge in [0.2, 0.25) is 28.5 Å². The van der Waals surface area contributed by atoms with E-state index in [1.807, 2.05) is 0 Å². The highest BCUT2D eigenvalue weighted by Crippen LogP contribution is 2.32. The highest BCUT2D eigenvalue weighted by molar-refractivity contribution is 7.79. The molecule has 0 spiro atoms. The van der Waals surface area contributed by atoms with Gasteiger partial charge in [0.05, 0.1) is 5.75 Å². The van der Waals surface area contributed by atoms with E-state index < -0.39 is 23.0 Å². The lowest BCUT2D eigenvalue weighted by atomic mass is 10.1. The Balaban J connectivity index is 1.69. The Kier molecular flexibility index (Phi) is 4.82. The molecular formula is C16H13ClN2O4S. The lowest BCUT2D eigenvalue weighted by molar-refractivity contribution is -0.123. The van der Waals surface area contributed by atoms with Crippen LogP contribution >= 0.6 is 11.6 Å². The van der Waals surface area contributed by atoms with E-state index in [0.29, 0.717) is 10.6 Å². The summed E-state index contributed by atoms with van der Waals surface area (Å²) in [4.78, 5) is 16.4. The Morgan fingerprint density at radius 3 is 2.71 bits per heavy atom. The largest absolute Gasteiger partial charge is 0.460 e. The normalized spacial score (nSPS) is 18.4. The number of hydrogen-bond acceptors (Lipinski definition) is 6. The summed E-state index contributed by atoms with van der Waals surface area (Å²) in [6.07, 6.45) is 2.26. The maximum Gasteiger partial charge on any atom is 0.249 e. The molecule has 0 saturated carbocycles. The van der Waals surface area contributed by atoms with Crippen LogP contribution in [-0.4, -0.2) is 15.0 Å². The van der Waals surface area contributed by atoms with Crippen LogP contribution in [0, 0.1) is 0 Å². The van der Waals surface area contributed by atoms with Gasteiger partial charge in [-0.3, -0.25) is 9.78 Å². The predicted molar refractivity (Wildman–Crippen MR) is 88.7 cm³/mol. The maximum absolute atomic E-state index is 12.4. The number of carbonyl (C=O) groups is 1. The number of ether oxygens (including phenoxy) is 1. The number of pyridine rings is 1. The SMILES string of the molecule is NC1=C(OS(=O)Cc2cccnc2)C(=O)C(c2ccc(Cl)cc2)O1. The van der Waals surface area contributed by atoms with Gasteiger partial charge >= 0.3 is 0 Å². The van der Waals surface area contributed by atoms with Gasteiger partial charge in [-0.15, -0.1) is 0 Å². The van der Waals surface area contributed by atoms with Crippen molar-refractivity contribution in [1.29, 1.82) is 0 Å². The molecule has 1 aliphatic rings. The molecule has 0 fully saturated rings. The molecule has 1 aromatic heterocycles. The van der Waals surface area contributed by atoms with Gasteiger partial charge in [-0.25, -0.2) is 4.21 Å². The number of carbonyl (C=O) groups excluding carboxylic acids is 1. The van der Waals surface area contributed by atoms with Crippen LogP contribution in [0.5, 0.6) is 0 Å². The van der Waals surface area contributed by atoms with E-state index in [0.717, 1.165) is 5.56 Å². The topological polar surface area (TPSA) is 91.5 Å². The fourth-order valence-corrected chi connectivity index (χ4v) is 3.13. The van der Waals surface area contributed by atoms with E-state index in [1.165, 1.54) is 0 Å². The summed E-state index contributed by atoms with van der Waals surface area (Å²) in [6.45, 7) is 0. The van der Waals surface area contributed by atoms with Gasteiger partial charge < -0.3 is 14.7 Å². The highest BCUT2D eigenvalue weighted by Gasteiger charge is 2.38. The molecule has 1 aromatic carbocycles. The van der Waals surface area contributed by atoms with Crippen LogP contribution in [-0.2, 0) is 30.5 Å². The van der Waals surface area contributed by atoms with Crippen molar-refractivity contribution < 1.29 is 17.9 Å². The molecule has 0 bridgehead atoms. The first-order valence-electron chi connectivity index (χ1n) is 6.96. The molecule has 0 saturated heterocycles. The van der Waals surface area contributed by atoms with Crippen molar-refractivity contribution in [2.24, 2.45) is 5.73 Å². The number of halogens is 1. The van der Waals surface area contributed by atoms with Crippen LogP contribution in [0.25, 0.3) is 0 Å². The number of nitrogens with zero attached hydrogens (tertiary/aromatic N) is 1. The summed E-state index contributed by atoms with van der Waals surface area (Å²) in [5.74, 6) is -0.796. The van der Waals surface area contributed by atoms with Crippen molar-refractivity contribution in [3.05, 3.63) is 76.6 Å². The Morgan fingerprint density at radius 1 is 1.29 bits per heavy atom. The fraction of sp³-hybridized carbons (Fsp3) is 0.125. The van der Waals surface area contributed by atoms with E-state index in [2.05, 4.69) is 4.98 Å². The molecule has 0 amide bonds. The molecule has 0 radical (unpaired) electrons. The molecule has 8 heteroatoms. The number of Topliss-reactive ketones (excluding diaryl/α,β-unsaturated/α-hetero) is 1. The Hall–Kier alpha value is -2.38. The minimum atomic E-state index is -1.78. The van der Waals surface area contributed by atoms with Crippen LogP contribution in [0.2, 0.25) is 5.02 Å². The minimum absolute atomic E-state index is 0.0868. The molecule has 2 atom stereocenters. The van der Waals surface area contributed by atoms with Gasteiger partial charge in [0.15, 0.2) is 6.10 Å². The fourth-order valence-electron chi connectivity index (χ4n) is 2.16. The van der Waals surface area contributed by atoms with Gasteiger partial charge in [0, 0.05) is 23.0 Å². The summed E-state index contributed by atoms with van der Waals surface area (Å²) >= 11 is 4.05. The molecule has 24 heavy (non-hydrogen) atoms. The predicted octanol–water partition coefficient (Wildman–Crippen LogP) is 2.38. The Labute approximate surface area is 145 Å². The minimum Gasteiger partial charge on any atom is -0.460 e. The van der Waals surface area contributed by atoms with Crippen molar-refractivity contribution >= 4 is 28.5 Å². The zero-order valence-corrected chi connectivity index (χ0v) is 13.9. The van der Waals surface area contributed by atoms with Crippen molar-refractivity contribution in [2.45, 2.75) is 11.9 Å². The molecule has 6 nitrogen and oxygen atoms in total. The summed E-state index contributed by atoms with van der Waals surface area (Å²) < 4.78 is 22.7. The van der Waals surface area contributed by atoms with Gasteiger partial charge in [-0.2, -0.15) is 0 Å². The summed E-state index contributed by atoms with van der Waals surface area (Å²) in [5, 5.41) is 0.541. The summed E-state index contributed by atoms with van der Waals surface area (Å²) in [5.41, 5.74) is 7.01. The average molecular weight is 365 g/mol. The monoisotopic (exact) mass is 364 g/mol. The lowest BCUT2D eigenvalue weighted by Crippen LogP contribution is -2.13. The van der Waals surface area contributed by atoms with Gasteiger partial charge in [0.1, 0.15) is 0 Å². The van der Waals surface area contributed by atoms with Gasteiger partial charge in [-0.1, -0.05) is 29.8 Å². The third-order valence-electron chi connectivity index (χ3n) is 3.29.